The van der Waals surface area contributed by atoms with Gasteiger partial charge in [-0.1, -0.05) is 17.5 Å². The molecule has 0 saturated heterocycles. The fraction of sp³-hybridized carbons (Fsp3) is 0.353. The third kappa shape index (κ3) is 7.96. The lowest BCUT2D eigenvalue weighted by molar-refractivity contribution is -0.150. The van der Waals surface area contributed by atoms with Gasteiger partial charge in [-0.3, -0.25) is 9.59 Å². The summed E-state index contributed by atoms with van der Waals surface area (Å²) in [6, 6.07) is 5.43. The van der Waals surface area contributed by atoms with Gasteiger partial charge in [-0.2, -0.15) is 11.8 Å². The molecule has 1 rings (SSSR count). The molecule has 0 unspecified atom stereocenters. The first-order valence-corrected chi connectivity index (χ1v) is 9.17. The molecule has 6 nitrogen and oxygen atoms in total. The van der Waals surface area contributed by atoms with Crippen molar-refractivity contribution in [2.75, 3.05) is 25.2 Å². The molecule has 1 aromatic carbocycles. The van der Waals surface area contributed by atoms with Gasteiger partial charge >= 0.3 is 5.97 Å². The van der Waals surface area contributed by atoms with Crippen LogP contribution in [-0.2, 0) is 14.3 Å². The molecule has 2 amide bonds. The number of hydrogen-bond donors (Lipinski definition) is 2. The standard InChI is InChI=1S/C17H19ClN2O4S/c1-3-9-19-15(21)11-24-17(23)14(8-10-25-2)20-16(22)12-4-6-13(18)7-5-12/h1,4-7,14H,8-11H2,2H3,(H,19,21)(H,20,22)/t14-/m1/s1. The van der Waals surface area contributed by atoms with Crippen LogP contribution in [-0.4, -0.2) is 49.0 Å². The smallest absolute Gasteiger partial charge is 0.329 e. The predicted octanol–water partition coefficient (Wildman–Crippen LogP) is 1.48. The van der Waals surface area contributed by atoms with Crippen LogP contribution in [0.3, 0.4) is 0 Å². The number of amides is 2. The summed E-state index contributed by atoms with van der Waals surface area (Å²) in [5.74, 6) is 1.29. The van der Waals surface area contributed by atoms with E-state index in [9.17, 15) is 14.4 Å². The fourth-order valence-corrected chi connectivity index (χ4v) is 2.36. The lowest BCUT2D eigenvalue weighted by Crippen LogP contribution is -2.43. The minimum Gasteiger partial charge on any atom is -0.454 e. The number of thioether (sulfide) groups is 1. The lowest BCUT2D eigenvalue weighted by Gasteiger charge is -2.17. The monoisotopic (exact) mass is 382 g/mol. The Hall–Kier alpha value is -2.17. The van der Waals surface area contributed by atoms with E-state index < -0.39 is 30.4 Å². The summed E-state index contributed by atoms with van der Waals surface area (Å²) < 4.78 is 4.95. The first kappa shape index (κ1) is 20.9. The second-order valence-corrected chi connectivity index (χ2v) is 6.33. The summed E-state index contributed by atoms with van der Waals surface area (Å²) in [7, 11) is 0. The average Bonchev–Trinajstić information content (AvgIpc) is 2.61. The SMILES string of the molecule is C#CCNC(=O)COC(=O)[C@@H](CCSC)NC(=O)c1ccc(Cl)cc1. The summed E-state index contributed by atoms with van der Waals surface area (Å²) in [5, 5.41) is 5.51. The maximum atomic E-state index is 12.2. The van der Waals surface area contributed by atoms with Crippen molar-refractivity contribution in [1.82, 2.24) is 10.6 Å². The van der Waals surface area contributed by atoms with Crippen molar-refractivity contribution in [1.29, 1.82) is 0 Å². The Morgan fingerprint density at radius 3 is 2.60 bits per heavy atom. The molecule has 2 N–H and O–H groups in total. The largest absolute Gasteiger partial charge is 0.454 e. The number of halogens is 1. The van der Waals surface area contributed by atoms with Crippen LogP contribution in [0.15, 0.2) is 24.3 Å². The number of esters is 1. The van der Waals surface area contributed by atoms with Gasteiger partial charge in [0.2, 0.25) is 0 Å². The van der Waals surface area contributed by atoms with Gasteiger partial charge in [0.05, 0.1) is 6.54 Å². The number of ether oxygens (including phenoxy) is 1. The maximum absolute atomic E-state index is 12.2. The number of hydrogen-bond acceptors (Lipinski definition) is 5. The van der Waals surface area contributed by atoms with Crippen molar-refractivity contribution >= 4 is 41.1 Å². The molecule has 0 saturated carbocycles. The Morgan fingerprint density at radius 2 is 2.00 bits per heavy atom. The van der Waals surface area contributed by atoms with Crippen molar-refractivity contribution in [2.24, 2.45) is 0 Å². The molecule has 0 heterocycles. The van der Waals surface area contributed by atoms with Crippen LogP contribution in [0.1, 0.15) is 16.8 Å². The molecule has 134 valence electrons. The topological polar surface area (TPSA) is 84.5 Å². The van der Waals surface area contributed by atoms with Gasteiger partial charge in [0, 0.05) is 10.6 Å². The minimum absolute atomic E-state index is 0.0551. The Balaban J connectivity index is 2.64. The van der Waals surface area contributed by atoms with E-state index >= 15 is 0 Å². The molecule has 0 bridgehead atoms. The van der Waals surface area contributed by atoms with Crippen molar-refractivity contribution < 1.29 is 19.1 Å². The fourth-order valence-electron chi connectivity index (χ4n) is 1.77. The highest BCUT2D eigenvalue weighted by atomic mass is 35.5. The van der Waals surface area contributed by atoms with Gasteiger partial charge in [0.1, 0.15) is 6.04 Å². The molecular formula is C17H19ClN2O4S. The van der Waals surface area contributed by atoms with Crippen LogP contribution in [0.25, 0.3) is 0 Å². The summed E-state index contributed by atoms with van der Waals surface area (Å²) in [6.07, 6.45) is 7.29. The van der Waals surface area contributed by atoms with Gasteiger partial charge in [-0.05, 0) is 42.7 Å². The highest BCUT2D eigenvalue weighted by Crippen LogP contribution is 2.10. The van der Waals surface area contributed by atoms with E-state index in [4.69, 9.17) is 22.8 Å². The van der Waals surface area contributed by atoms with Crippen LogP contribution in [0.5, 0.6) is 0 Å². The van der Waals surface area contributed by atoms with Crippen LogP contribution in [0.4, 0.5) is 0 Å². The third-order valence-corrected chi connectivity index (χ3v) is 3.94. The number of rotatable bonds is 9. The molecule has 0 radical (unpaired) electrons. The normalized spacial score (nSPS) is 11.1. The van der Waals surface area contributed by atoms with Crippen LogP contribution < -0.4 is 10.6 Å². The molecule has 8 heteroatoms. The van der Waals surface area contributed by atoms with Gasteiger partial charge < -0.3 is 15.4 Å². The zero-order valence-corrected chi connectivity index (χ0v) is 15.3. The van der Waals surface area contributed by atoms with E-state index in [1.165, 1.54) is 11.8 Å². The van der Waals surface area contributed by atoms with Gasteiger partial charge in [0.15, 0.2) is 6.61 Å². The second-order valence-electron chi connectivity index (χ2n) is 4.90. The van der Waals surface area contributed by atoms with E-state index in [2.05, 4.69) is 16.6 Å². The van der Waals surface area contributed by atoms with Crippen molar-refractivity contribution in [3.8, 4) is 12.3 Å². The highest BCUT2D eigenvalue weighted by Gasteiger charge is 2.23. The number of carbonyl (C=O) groups excluding carboxylic acids is 3. The van der Waals surface area contributed by atoms with Gasteiger partial charge in [-0.15, -0.1) is 6.42 Å². The van der Waals surface area contributed by atoms with E-state index in [1.807, 2.05) is 6.26 Å². The molecule has 25 heavy (non-hydrogen) atoms. The predicted molar refractivity (Wildman–Crippen MR) is 98.5 cm³/mol. The molecule has 0 fully saturated rings. The first-order valence-electron chi connectivity index (χ1n) is 7.40. The van der Waals surface area contributed by atoms with E-state index in [0.29, 0.717) is 22.8 Å². The number of nitrogens with one attached hydrogen (secondary N) is 2. The van der Waals surface area contributed by atoms with Crippen molar-refractivity contribution in [2.45, 2.75) is 12.5 Å². The van der Waals surface area contributed by atoms with Crippen molar-refractivity contribution in [3.05, 3.63) is 34.9 Å². The molecule has 1 aromatic rings. The number of benzene rings is 1. The van der Waals surface area contributed by atoms with Crippen LogP contribution in [0, 0.1) is 12.3 Å². The van der Waals surface area contributed by atoms with Crippen LogP contribution in [0.2, 0.25) is 5.02 Å². The zero-order valence-electron chi connectivity index (χ0n) is 13.7. The molecule has 1 atom stereocenters. The Bertz CT molecular complexity index is 643. The molecule has 0 aliphatic rings. The maximum Gasteiger partial charge on any atom is 0.329 e. The number of terminal acetylenes is 1. The second kappa shape index (κ2) is 11.4. The minimum atomic E-state index is -0.851. The molecular weight excluding hydrogens is 364 g/mol. The average molecular weight is 383 g/mol. The van der Waals surface area contributed by atoms with E-state index in [1.54, 1.807) is 24.3 Å². The van der Waals surface area contributed by atoms with Crippen molar-refractivity contribution in [3.63, 3.8) is 0 Å². The number of carbonyl (C=O) groups is 3. The summed E-state index contributed by atoms with van der Waals surface area (Å²) >= 11 is 7.32. The Morgan fingerprint density at radius 1 is 1.32 bits per heavy atom. The third-order valence-electron chi connectivity index (χ3n) is 3.04. The molecule has 0 aromatic heterocycles. The van der Waals surface area contributed by atoms with Crippen LogP contribution >= 0.6 is 23.4 Å². The van der Waals surface area contributed by atoms with Gasteiger partial charge in [0.25, 0.3) is 11.8 Å². The Kier molecular flexibility index (Phi) is 9.51. The summed E-state index contributed by atoms with van der Waals surface area (Å²) in [5.41, 5.74) is 0.373. The quantitative estimate of drug-likeness (QED) is 0.499. The summed E-state index contributed by atoms with van der Waals surface area (Å²) in [4.78, 5) is 35.8. The molecule has 0 aliphatic carbocycles. The molecule has 0 aliphatic heterocycles. The van der Waals surface area contributed by atoms with Gasteiger partial charge in [-0.25, -0.2) is 4.79 Å². The van der Waals surface area contributed by atoms with E-state index in [0.717, 1.165) is 0 Å². The lowest BCUT2D eigenvalue weighted by atomic mass is 10.1. The molecule has 0 spiro atoms. The Labute approximate surface area is 156 Å². The first-order chi connectivity index (χ1) is 12.0. The zero-order chi connectivity index (χ0) is 18.7. The highest BCUT2D eigenvalue weighted by molar-refractivity contribution is 7.98. The van der Waals surface area contributed by atoms with E-state index in [-0.39, 0.29) is 6.54 Å². The summed E-state index contributed by atoms with van der Waals surface area (Å²) in [6.45, 7) is -0.396.